The molecule has 0 atom stereocenters. The Balaban J connectivity index is 2.95. The van der Waals surface area contributed by atoms with Gasteiger partial charge in [0.2, 0.25) is 0 Å². The first-order chi connectivity index (χ1) is 6.65. The third kappa shape index (κ3) is 2.71. The predicted molar refractivity (Wildman–Crippen MR) is 63.1 cm³/mol. The summed E-state index contributed by atoms with van der Waals surface area (Å²) in [4.78, 5) is 10.8. The fourth-order valence-corrected chi connectivity index (χ4v) is 1.26. The van der Waals surface area contributed by atoms with Crippen molar-refractivity contribution in [3.8, 4) is 0 Å². The molecule has 14 heavy (non-hydrogen) atoms. The van der Waals surface area contributed by atoms with Crippen LogP contribution in [0.2, 0.25) is 0 Å². The van der Waals surface area contributed by atoms with E-state index < -0.39 is 5.97 Å². The Kier molecular flexibility index (Phi) is 3.91. The Morgan fingerprint density at radius 1 is 1.50 bits per heavy atom. The average Bonchev–Trinajstić information content (AvgIpc) is 2.18. The van der Waals surface area contributed by atoms with Crippen LogP contribution in [0.25, 0.3) is 0 Å². The minimum atomic E-state index is -0.961. The molecule has 0 radical (unpaired) electrons. The highest BCUT2D eigenvalue weighted by atomic mass is 32.2. The first-order valence-corrected chi connectivity index (χ1v) is 5.45. The van der Waals surface area contributed by atoms with Crippen LogP contribution in [0.3, 0.4) is 0 Å². The lowest BCUT2D eigenvalue weighted by molar-refractivity contribution is 0.0698. The van der Waals surface area contributed by atoms with E-state index in [1.807, 2.05) is 6.26 Å². The number of nitrogens with one attached hydrogen (secondary N) is 1. The zero-order chi connectivity index (χ0) is 10.6. The molecule has 0 heterocycles. The maximum Gasteiger partial charge on any atom is 0.337 e. The molecule has 2 N–H and O–H groups in total. The number of aromatic carboxylic acids is 1. The van der Waals surface area contributed by atoms with Gasteiger partial charge in [-0.2, -0.15) is 0 Å². The standard InChI is InChI=1S/C9H9NO2S2/c1-14-9(13)10-7-5-3-2-4-6(7)8(11)12/h2-5H,1H3,(H,10,13)(H,11,12). The quantitative estimate of drug-likeness (QED) is 0.760. The monoisotopic (exact) mass is 227 g/mol. The molecule has 1 aromatic rings. The molecular formula is C9H9NO2S2. The summed E-state index contributed by atoms with van der Waals surface area (Å²) in [5.74, 6) is -0.961. The van der Waals surface area contributed by atoms with Gasteiger partial charge in [-0.3, -0.25) is 0 Å². The number of benzene rings is 1. The van der Waals surface area contributed by atoms with E-state index in [0.717, 1.165) is 0 Å². The Morgan fingerprint density at radius 3 is 2.71 bits per heavy atom. The van der Waals surface area contributed by atoms with E-state index in [9.17, 15) is 4.79 Å². The summed E-state index contributed by atoms with van der Waals surface area (Å²) >= 11 is 6.31. The highest BCUT2D eigenvalue weighted by molar-refractivity contribution is 8.22. The molecule has 0 spiro atoms. The van der Waals surface area contributed by atoms with Gasteiger partial charge in [-0.05, 0) is 18.4 Å². The van der Waals surface area contributed by atoms with Crippen LogP contribution in [0.4, 0.5) is 5.69 Å². The van der Waals surface area contributed by atoms with Crippen LogP contribution in [0.1, 0.15) is 10.4 Å². The molecule has 5 heteroatoms. The Labute approximate surface area is 91.5 Å². The van der Waals surface area contributed by atoms with Crippen molar-refractivity contribution in [1.82, 2.24) is 0 Å². The molecule has 0 bridgehead atoms. The van der Waals surface area contributed by atoms with Crippen molar-refractivity contribution < 1.29 is 9.90 Å². The number of thioether (sulfide) groups is 1. The van der Waals surface area contributed by atoms with Gasteiger partial charge in [-0.25, -0.2) is 4.79 Å². The fraction of sp³-hybridized carbons (Fsp3) is 0.111. The van der Waals surface area contributed by atoms with Crippen molar-refractivity contribution in [2.45, 2.75) is 0 Å². The molecular weight excluding hydrogens is 218 g/mol. The first-order valence-electron chi connectivity index (χ1n) is 3.82. The number of para-hydroxylation sites is 1. The third-order valence-electron chi connectivity index (χ3n) is 1.58. The van der Waals surface area contributed by atoms with Crippen LogP contribution >= 0.6 is 24.0 Å². The summed E-state index contributed by atoms with van der Waals surface area (Å²) in [6.45, 7) is 0. The molecule has 0 aliphatic rings. The molecule has 0 unspecified atom stereocenters. The summed E-state index contributed by atoms with van der Waals surface area (Å²) in [5.41, 5.74) is 0.753. The third-order valence-corrected chi connectivity index (χ3v) is 2.65. The van der Waals surface area contributed by atoms with Gasteiger partial charge < -0.3 is 10.4 Å². The predicted octanol–water partition coefficient (Wildman–Crippen LogP) is 2.44. The topological polar surface area (TPSA) is 49.3 Å². The molecule has 74 valence electrons. The first kappa shape index (κ1) is 11.0. The molecule has 0 saturated carbocycles. The summed E-state index contributed by atoms with van der Waals surface area (Å²) in [6, 6.07) is 6.66. The van der Waals surface area contributed by atoms with Crippen LogP contribution in [-0.2, 0) is 0 Å². The van der Waals surface area contributed by atoms with Crippen LogP contribution < -0.4 is 5.32 Å². The Hall–Kier alpha value is -1.07. The lowest BCUT2D eigenvalue weighted by Crippen LogP contribution is -2.08. The lowest BCUT2D eigenvalue weighted by Gasteiger charge is -2.07. The highest BCUT2D eigenvalue weighted by Crippen LogP contribution is 2.16. The van der Waals surface area contributed by atoms with E-state index in [-0.39, 0.29) is 5.56 Å². The number of hydrogen-bond acceptors (Lipinski definition) is 3. The zero-order valence-corrected chi connectivity index (χ0v) is 9.11. The maximum atomic E-state index is 10.8. The average molecular weight is 227 g/mol. The van der Waals surface area contributed by atoms with Crippen molar-refractivity contribution in [3.05, 3.63) is 29.8 Å². The van der Waals surface area contributed by atoms with Gasteiger partial charge >= 0.3 is 5.97 Å². The molecule has 1 aromatic carbocycles. The molecule has 0 aliphatic heterocycles. The summed E-state index contributed by atoms with van der Waals surface area (Å²) in [6.07, 6.45) is 1.83. The van der Waals surface area contributed by atoms with Crippen molar-refractivity contribution in [2.75, 3.05) is 11.6 Å². The van der Waals surface area contributed by atoms with Crippen LogP contribution in [0, 0.1) is 0 Å². The van der Waals surface area contributed by atoms with E-state index in [1.54, 1.807) is 18.2 Å². The second-order valence-corrected chi connectivity index (χ2v) is 3.95. The lowest BCUT2D eigenvalue weighted by atomic mass is 10.2. The van der Waals surface area contributed by atoms with Gasteiger partial charge in [-0.1, -0.05) is 24.4 Å². The Morgan fingerprint density at radius 2 is 2.14 bits per heavy atom. The number of carboxylic acid groups (broad SMARTS) is 1. The van der Waals surface area contributed by atoms with Crippen molar-refractivity contribution >= 4 is 40.0 Å². The van der Waals surface area contributed by atoms with Crippen LogP contribution in [-0.4, -0.2) is 21.7 Å². The normalized spacial score (nSPS) is 9.50. The molecule has 3 nitrogen and oxygen atoms in total. The van der Waals surface area contributed by atoms with Crippen LogP contribution in [0.5, 0.6) is 0 Å². The van der Waals surface area contributed by atoms with E-state index in [2.05, 4.69) is 5.32 Å². The van der Waals surface area contributed by atoms with Gasteiger partial charge in [0.05, 0.1) is 11.3 Å². The number of hydrogen-bond donors (Lipinski definition) is 2. The van der Waals surface area contributed by atoms with Gasteiger partial charge in [0.1, 0.15) is 4.32 Å². The van der Waals surface area contributed by atoms with Crippen LogP contribution in [0.15, 0.2) is 24.3 Å². The van der Waals surface area contributed by atoms with Gasteiger partial charge in [0, 0.05) is 0 Å². The molecule has 0 aromatic heterocycles. The number of carboxylic acids is 1. The molecule has 0 saturated heterocycles. The van der Waals surface area contributed by atoms with Crippen molar-refractivity contribution in [1.29, 1.82) is 0 Å². The smallest absolute Gasteiger partial charge is 0.337 e. The molecule has 1 rings (SSSR count). The Bertz CT molecular complexity index is 366. The van der Waals surface area contributed by atoms with Gasteiger partial charge in [0.15, 0.2) is 0 Å². The fourth-order valence-electron chi connectivity index (χ4n) is 0.940. The molecule has 0 aliphatic carbocycles. The van der Waals surface area contributed by atoms with E-state index in [1.165, 1.54) is 17.8 Å². The molecule has 0 amide bonds. The summed E-state index contributed by atoms with van der Waals surface area (Å²) in [7, 11) is 0. The number of anilines is 1. The van der Waals surface area contributed by atoms with Crippen molar-refractivity contribution in [3.63, 3.8) is 0 Å². The summed E-state index contributed by atoms with van der Waals surface area (Å²) in [5, 5.41) is 11.7. The van der Waals surface area contributed by atoms with Gasteiger partial charge in [-0.15, -0.1) is 11.8 Å². The number of carbonyl (C=O) groups is 1. The van der Waals surface area contributed by atoms with E-state index >= 15 is 0 Å². The van der Waals surface area contributed by atoms with E-state index in [4.69, 9.17) is 17.3 Å². The van der Waals surface area contributed by atoms with E-state index in [0.29, 0.717) is 10.0 Å². The summed E-state index contributed by atoms with van der Waals surface area (Å²) < 4.78 is 0.554. The highest BCUT2D eigenvalue weighted by Gasteiger charge is 2.08. The number of thiocarbonyl (C=S) groups is 1. The maximum absolute atomic E-state index is 10.8. The second-order valence-electron chi connectivity index (χ2n) is 2.47. The largest absolute Gasteiger partial charge is 0.478 e. The zero-order valence-electron chi connectivity index (χ0n) is 7.48. The van der Waals surface area contributed by atoms with Gasteiger partial charge in [0.25, 0.3) is 0 Å². The van der Waals surface area contributed by atoms with Crippen molar-refractivity contribution in [2.24, 2.45) is 0 Å². The minimum absolute atomic E-state index is 0.226. The SMILES string of the molecule is CSC(=S)Nc1ccccc1C(=O)O. The second kappa shape index (κ2) is 4.97. The minimum Gasteiger partial charge on any atom is -0.478 e. The molecule has 0 fully saturated rings. The number of rotatable bonds is 2.